The van der Waals surface area contributed by atoms with E-state index in [1.54, 1.807) is 13.1 Å². The number of aryl methyl sites for hydroxylation is 2. The van der Waals surface area contributed by atoms with Gasteiger partial charge in [0.05, 0.1) is 6.54 Å². The number of carbonyl (C=O) groups is 1. The zero-order valence-corrected chi connectivity index (χ0v) is 15.6. The molecule has 0 radical (unpaired) electrons. The Morgan fingerprint density at radius 1 is 1.38 bits per heavy atom. The zero-order chi connectivity index (χ0) is 18.5. The minimum Gasteiger partial charge on any atom is -0.340 e. The van der Waals surface area contributed by atoms with Crippen molar-refractivity contribution in [3.05, 3.63) is 35.6 Å². The van der Waals surface area contributed by atoms with E-state index in [0.29, 0.717) is 30.1 Å². The SMILES string of the molecule is Cc1ccnc(NC(=O)N2CCC[C@@H](N(C)Cc3noc(C)n3)CC2)c1. The highest BCUT2D eigenvalue weighted by molar-refractivity contribution is 5.88. The van der Waals surface area contributed by atoms with Crippen LogP contribution in [0.4, 0.5) is 10.6 Å². The topological polar surface area (TPSA) is 87.4 Å². The number of nitrogens with zero attached hydrogens (tertiary/aromatic N) is 5. The van der Waals surface area contributed by atoms with Crippen molar-refractivity contribution in [3.8, 4) is 0 Å². The molecule has 0 unspecified atom stereocenters. The van der Waals surface area contributed by atoms with Gasteiger partial charge in [-0.2, -0.15) is 4.98 Å². The van der Waals surface area contributed by atoms with E-state index in [2.05, 4.69) is 32.4 Å². The van der Waals surface area contributed by atoms with Crippen LogP contribution in [0.2, 0.25) is 0 Å². The van der Waals surface area contributed by atoms with Gasteiger partial charge in [-0.25, -0.2) is 9.78 Å². The Morgan fingerprint density at radius 2 is 2.23 bits per heavy atom. The predicted molar refractivity (Wildman–Crippen MR) is 97.7 cm³/mol. The molecule has 2 aromatic rings. The van der Waals surface area contributed by atoms with Crippen LogP contribution in [-0.2, 0) is 6.54 Å². The minimum atomic E-state index is -0.0832. The van der Waals surface area contributed by atoms with Crippen LogP contribution < -0.4 is 5.32 Å². The Morgan fingerprint density at radius 3 is 2.96 bits per heavy atom. The monoisotopic (exact) mass is 358 g/mol. The van der Waals surface area contributed by atoms with Gasteiger partial charge in [0.25, 0.3) is 0 Å². The molecule has 1 N–H and O–H groups in total. The van der Waals surface area contributed by atoms with E-state index in [0.717, 1.165) is 37.9 Å². The Balaban J connectivity index is 1.53. The number of nitrogens with one attached hydrogen (secondary N) is 1. The maximum atomic E-state index is 12.5. The van der Waals surface area contributed by atoms with Gasteiger partial charge in [0.15, 0.2) is 5.82 Å². The van der Waals surface area contributed by atoms with E-state index in [9.17, 15) is 4.79 Å². The van der Waals surface area contributed by atoms with Crippen molar-refractivity contribution in [2.45, 2.75) is 45.7 Å². The van der Waals surface area contributed by atoms with Crippen LogP contribution >= 0.6 is 0 Å². The molecule has 1 aliphatic heterocycles. The second-order valence-corrected chi connectivity index (χ2v) is 6.87. The van der Waals surface area contributed by atoms with Gasteiger partial charge in [0, 0.05) is 32.3 Å². The summed E-state index contributed by atoms with van der Waals surface area (Å²) in [5, 5.41) is 6.86. The van der Waals surface area contributed by atoms with E-state index >= 15 is 0 Å². The molecule has 0 aromatic carbocycles. The lowest BCUT2D eigenvalue weighted by atomic mass is 10.1. The highest BCUT2D eigenvalue weighted by atomic mass is 16.5. The Hall–Kier alpha value is -2.48. The maximum Gasteiger partial charge on any atom is 0.323 e. The van der Waals surface area contributed by atoms with E-state index < -0.39 is 0 Å². The predicted octanol–water partition coefficient (Wildman–Crippen LogP) is 2.60. The standard InChI is InChI=1S/C18H26N6O2/c1-13-6-8-19-16(11-13)21-18(25)24-9-4-5-15(7-10-24)23(3)12-17-20-14(2)26-22-17/h6,8,11,15H,4-5,7,9-10,12H2,1-3H3,(H,19,21,25)/t15-/m1/s1. The normalized spacial score (nSPS) is 18.0. The summed E-state index contributed by atoms with van der Waals surface area (Å²) in [7, 11) is 2.07. The van der Waals surface area contributed by atoms with Crippen LogP contribution in [0.15, 0.2) is 22.9 Å². The largest absolute Gasteiger partial charge is 0.340 e. The summed E-state index contributed by atoms with van der Waals surface area (Å²) in [6.07, 6.45) is 4.63. The van der Waals surface area contributed by atoms with Gasteiger partial charge in [-0.1, -0.05) is 5.16 Å². The molecule has 0 spiro atoms. The summed E-state index contributed by atoms with van der Waals surface area (Å²) in [5.41, 5.74) is 1.07. The van der Waals surface area contributed by atoms with Crippen LogP contribution in [0.3, 0.4) is 0 Å². The number of carbonyl (C=O) groups excluding carboxylic acids is 1. The molecule has 0 aliphatic carbocycles. The summed E-state index contributed by atoms with van der Waals surface area (Å²) in [6, 6.07) is 4.09. The molecule has 1 fully saturated rings. The molecule has 2 aromatic heterocycles. The minimum absolute atomic E-state index is 0.0832. The fourth-order valence-corrected chi connectivity index (χ4v) is 3.27. The van der Waals surface area contributed by atoms with Crippen molar-refractivity contribution in [2.24, 2.45) is 0 Å². The van der Waals surface area contributed by atoms with Crippen LogP contribution in [0.5, 0.6) is 0 Å². The average molecular weight is 358 g/mol. The van der Waals surface area contributed by atoms with Crippen molar-refractivity contribution in [2.75, 3.05) is 25.5 Å². The number of aromatic nitrogens is 3. The summed E-state index contributed by atoms with van der Waals surface area (Å²) in [6.45, 7) is 5.90. The first-order valence-electron chi connectivity index (χ1n) is 8.99. The van der Waals surface area contributed by atoms with Crippen LogP contribution in [-0.4, -0.2) is 57.1 Å². The number of hydrogen-bond donors (Lipinski definition) is 1. The van der Waals surface area contributed by atoms with E-state index in [1.165, 1.54) is 0 Å². The maximum absolute atomic E-state index is 12.5. The van der Waals surface area contributed by atoms with Crippen LogP contribution in [0.1, 0.15) is 36.5 Å². The first-order chi connectivity index (χ1) is 12.5. The Kier molecular flexibility index (Phi) is 5.82. The number of hydrogen-bond acceptors (Lipinski definition) is 6. The van der Waals surface area contributed by atoms with Crippen LogP contribution in [0, 0.1) is 13.8 Å². The molecule has 3 heterocycles. The van der Waals surface area contributed by atoms with E-state index in [1.807, 2.05) is 24.0 Å². The van der Waals surface area contributed by atoms with Gasteiger partial charge in [0.2, 0.25) is 5.89 Å². The fraction of sp³-hybridized carbons (Fsp3) is 0.556. The molecule has 26 heavy (non-hydrogen) atoms. The third-order valence-corrected chi connectivity index (χ3v) is 4.72. The number of likely N-dealkylation sites (tertiary alicyclic amines) is 1. The molecule has 8 nitrogen and oxygen atoms in total. The van der Waals surface area contributed by atoms with Crippen molar-refractivity contribution in [1.29, 1.82) is 0 Å². The molecule has 1 aliphatic rings. The van der Waals surface area contributed by atoms with Gasteiger partial charge in [-0.15, -0.1) is 0 Å². The second-order valence-electron chi connectivity index (χ2n) is 6.87. The van der Waals surface area contributed by atoms with Gasteiger partial charge in [-0.3, -0.25) is 10.2 Å². The number of rotatable bonds is 4. The third-order valence-electron chi connectivity index (χ3n) is 4.72. The molecule has 1 atom stereocenters. The number of urea groups is 1. The lowest BCUT2D eigenvalue weighted by molar-refractivity contribution is 0.197. The van der Waals surface area contributed by atoms with Gasteiger partial charge < -0.3 is 9.42 Å². The van der Waals surface area contributed by atoms with Crippen molar-refractivity contribution in [3.63, 3.8) is 0 Å². The molecule has 3 rings (SSSR count). The quantitative estimate of drug-likeness (QED) is 0.904. The average Bonchev–Trinajstić information content (AvgIpc) is 2.85. The Labute approximate surface area is 153 Å². The molecular formula is C18H26N6O2. The summed E-state index contributed by atoms with van der Waals surface area (Å²) in [4.78, 5) is 25.1. The van der Waals surface area contributed by atoms with Crippen LogP contribution in [0.25, 0.3) is 0 Å². The number of amides is 2. The smallest absolute Gasteiger partial charge is 0.323 e. The zero-order valence-electron chi connectivity index (χ0n) is 15.6. The van der Waals surface area contributed by atoms with Crippen molar-refractivity contribution >= 4 is 11.8 Å². The lowest BCUT2D eigenvalue weighted by Gasteiger charge is -2.26. The molecule has 8 heteroatoms. The molecule has 2 amide bonds. The fourth-order valence-electron chi connectivity index (χ4n) is 3.27. The number of anilines is 1. The number of pyridine rings is 1. The van der Waals surface area contributed by atoms with Gasteiger partial charge in [-0.05, 0) is 50.9 Å². The van der Waals surface area contributed by atoms with Crippen molar-refractivity contribution in [1.82, 2.24) is 24.9 Å². The third kappa shape index (κ3) is 4.78. The molecular weight excluding hydrogens is 332 g/mol. The molecule has 1 saturated heterocycles. The van der Waals surface area contributed by atoms with Gasteiger partial charge >= 0.3 is 6.03 Å². The first-order valence-corrected chi connectivity index (χ1v) is 8.99. The van der Waals surface area contributed by atoms with E-state index in [-0.39, 0.29) is 6.03 Å². The summed E-state index contributed by atoms with van der Waals surface area (Å²) in [5.74, 6) is 1.89. The lowest BCUT2D eigenvalue weighted by Crippen LogP contribution is -2.37. The second kappa shape index (κ2) is 8.27. The summed E-state index contributed by atoms with van der Waals surface area (Å²) >= 11 is 0. The summed E-state index contributed by atoms with van der Waals surface area (Å²) < 4.78 is 5.04. The highest BCUT2D eigenvalue weighted by Crippen LogP contribution is 2.18. The molecule has 0 saturated carbocycles. The first kappa shape index (κ1) is 18.3. The van der Waals surface area contributed by atoms with E-state index in [4.69, 9.17) is 4.52 Å². The molecule has 140 valence electrons. The highest BCUT2D eigenvalue weighted by Gasteiger charge is 2.24. The molecule has 0 bridgehead atoms. The van der Waals surface area contributed by atoms with Gasteiger partial charge in [0.1, 0.15) is 5.82 Å². The Bertz CT molecular complexity index is 747. The van der Waals surface area contributed by atoms with Crippen molar-refractivity contribution < 1.29 is 9.32 Å².